The molecule has 2 rings (SSSR count). The zero-order valence-electron chi connectivity index (χ0n) is 12.7. The van der Waals surface area contributed by atoms with E-state index in [2.05, 4.69) is 11.1 Å². The molecule has 1 N–H and O–H groups in total. The molecule has 0 saturated heterocycles. The van der Waals surface area contributed by atoms with Gasteiger partial charge in [-0.05, 0) is 44.2 Å². The first-order valence-corrected chi connectivity index (χ1v) is 7.76. The smallest absolute Gasteiger partial charge is 0.305 e. The zero-order chi connectivity index (χ0) is 15.8. The molecule has 1 heterocycles. The third-order valence-corrected chi connectivity index (χ3v) is 3.90. The van der Waals surface area contributed by atoms with Crippen molar-refractivity contribution in [3.05, 3.63) is 41.7 Å². The van der Waals surface area contributed by atoms with Crippen molar-refractivity contribution in [1.82, 2.24) is 9.88 Å². The number of pyridine rings is 1. The number of carboxylic acids is 1. The summed E-state index contributed by atoms with van der Waals surface area (Å²) in [5.74, 6) is -1.01. The van der Waals surface area contributed by atoms with Crippen LogP contribution in [0.15, 0.2) is 36.2 Å². The van der Waals surface area contributed by atoms with Gasteiger partial charge >= 0.3 is 5.97 Å². The molecule has 1 aromatic heterocycles. The molecular formula is C17H22N2O3. The second kappa shape index (κ2) is 8.32. The number of hydrogen-bond acceptors (Lipinski definition) is 3. The molecule has 5 heteroatoms. The van der Waals surface area contributed by atoms with Crippen LogP contribution in [0.1, 0.15) is 48.9 Å². The van der Waals surface area contributed by atoms with Crippen molar-refractivity contribution >= 4 is 11.9 Å². The van der Waals surface area contributed by atoms with Gasteiger partial charge in [-0.15, -0.1) is 0 Å². The molecular weight excluding hydrogens is 280 g/mol. The first kappa shape index (κ1) is 16.2. The number of nitrogens with zero attached hydrogens (tertiary/aromatic N) is 2. The average Bonchev–Trinajstić information content (AvgIpc) is 2.56. The minimum atomic E-state index is -0.885. The minimum absolute atomic E-state index is 0.0319. The van der Waals surface area contributed by atoms with Gasteiger partial charge in [-0.3, -0.25) is 14.6 Å². The fourth-order valence-corrected chi connectivity index (χ4v) is 2.63. The average molecular weight is 302 g/mol. The van der Waals surface area contributed by atoms with Gasteiger partial charge < -0.3 is 10.0 Å². The van der Waals surface area contributed by atoms with Crippen LogP contribution in [-0.2, 0) is 4.79 Å². The Morgan fingerprint density at radius 2 is 1.95 bits per heavy atom. The van der Waals surface area contributed by atoms with E-state index in [9.17, 15) is 9.59 Å². The van der Waals surface area contributed by atoms with Crippen molar-refractivity contribution in [2.75, 3.05) is 13.1 Å². The van der Waals surface area contributed by atoms with Crippen LogP contribution in [0.25, 0.3) is 0 Å². The summed E-state index contributed by atoms with van der Waals surface area (Å²) < 4.78 is 0. The molecule has 0 unspecified atom stereocenters. The molecule has 118 valence electrons. The number of aliphatic carboxylic acids is 1. The Hall–Kier alpha value is -2.17. The van der Waals surface area contributed by atoms with E-state index in [4.69, 9.17) is 5.11 Å². The van der Waals surface area contributed by atoms with Crippen LogP contribution >= 0.6 is 0 Å². The summed E-state index contributed by atoms with van der Waals surface area (Å²) in [6.45, 7) is 0.810. The van der Waals surface area contributed by atoms with Gasteiger partial charge in [0.15, 0.2) is 0 Å². The zero-order valence-corrected chi connectivity index (χ0v) is 12.7. The highest BCUT2D eigenvalue weighted by molar-refractivity contribution is 5.94. The molecule has 0 atom stereocenters. The molecule has 1 amide bonds. The Kier molecular flexibility index (Phi) is 6.13. The van der Waals surface area contributed by atoms with E-state index in [1.54, 1.807) is 29.4 Å². The van der Waals surface area contributed by atoms with Crippen LogP contribution in [0.5, 0.6) is 0 Å². The van der Waals surface area contributed by atoms with Crippen molar-refractivity contribution < 1.29 is 14.7 Å². The van der Waals surface area contributed by atoms with Crippen LogP contribution in [0, 0.1) is 0 Å². The lowest BCUT2D eigenvalue weighted by Crippen LogP contribution is -2.34. The van der Waals surface area contributed by atoms with Crippen molar-refractivity contribution in [2.24, 2.45) is 0 Å². The number of rotatable bonds is 7. The first-order valence-electron chi connectivity index (χ1n) is 7.76. The number of allylic oxidation sites excluding steroid dienone is 1. The summed E-state index contributed by atoms with van der Waals surface area (Å²) in [4.78, 5) is 28.9. The summed E-state index contributed by atoms with van der Waals surface area (Å²) in [6, 6.07) is 3.33. The lowest BCUT2D eigenvalue weighted by molar-refractivity contribution is -0.137. The van der Waals surface area contributed by atoms with Crippen LogP contribution in [0.3, 0.4) is 0 Å². The van der Waals surface area contributed by atoms with Gasteiger partial charge in [0.2, 0.25) is 0 Å². The van der Waals surface area contributed by atoms with Gasteiger partial charge in [-0.25, -0.2) is 0 Å². The number of carbonyl (C=O) groups excluding carboxylic acids is 1. The second-order valence-corrected chi connectivity index (χ2v) is 5.53. The molecule has 0 aromatic carbocycles. The Balaban J connectivity index is 2.00. The number of carbonyl (C=O) groups is 2. The van der Waals surface area contributed by atoms with Crippen LogP contribution < -0.4 is 0 Å². The van der Waals surface area contributed by atoms with Crippen LogP contribution in [-0.4, -0.2) is 40.0 Å². The van der Waals surface area contributed by atoms with E-state index in [0.29, 0.717) is 12.1 Å². The van der Waals surface area contributed by atoms with Gasteiger partial charge in [-0.2, -0.15) is 0 Å². The predicted molar refractivity (Wildman–Crippen MR) is 83.6 cm³/mol. The quantitative estimate of drug-likeness (QED) is 0.786. The van der Waals surface area contributed by atoms with Crippen molar-refractivity contribution in [1.29, 1.82) is 0 Å². The molecule has 0 spiro atoms. The Morgan fingerprint density at radius 1 is 1.18 bits per heavy atom. The van der Waals surface area contributed by atoms with Gasteiger partial charge in [0.05, 0.1) is 6.42 Å². The molecule has 1 aromatic rings. The number of carboxylic acid groups (broad SMARTS) is 1. The molecule has 0 bridgehead atoms. The van der Waals surface area contributed by atoms with Crippen LogP contribution in [0.2, 0.25) is 0 Å². The molecule has 1 aliphatic carbocycles. The summed E-state index contributed by atoms with van der Waals surface area (Å²) in [5.41, 5.74) is 1.94. The van der Waals surface area contributed by atoms with Gasteiger partial charge in [0.1, 0.15) is 0 Å². The van der Waals surface area contributed by atoms with Gasteiger partial charge in [-0.1, -0.05) is 11.6 Å². The largest absolute Gasteiger partial charge is 0.481 e. The molecule has 5 nitrogen and oxygen atoms in total. The second-order valence-electron chi connectivity index (χ2n) is 5.53. The third kappa shape index (κ3) is 4.98. The van der Waals surface area contributed by atoms with E-state index in [-0.39, 0.29) is 18.9 Å². The summed E-state index contributed by atoms with van der Waals surface area (Å²) in [6.07, 6.45) is 10.9. The number of aromatic nitrogens is 1. The maximum Gasteiger partial charge on any atom is 0.305 e. The Labute approximate surface area is 130 Å². The predicted octanol–water partition coefficient (Wildman–Crippen LogP) is 2.89. The number of hydrogen-bond donors (Lipinski definition) is 1. The first-order chi connectivity index (χ1) is 10.7. The third-order valence-electron chi connectivity index (χ3n) is 3.90. The van der Waals surface area contributed by atoms with Gasteiger partial charge in [0.25, 0.3) is 5.91 Å². The molecule has 0 aliphatic heterocycles. The van der Waals surface area contributed by atoms with E-state index in [1.165, 1.54) is 18.4 Å². The highest BCUT2D eigenvalue weighted by atomic mass is 16.4. The maximum atomic E-state index is 12.5. The SMILES string of the molecule is O=C(O)CCN(CCC1=CCCCC1)C(=O)c1ccncc1. The molecule has 0 saturated carbocycles. The topological polar surface area (TPSA) is 70.5 Å². The van der Waals surface area contributed by atoms with Crippen molar-refractivity contribution in [2.45, 2.75) is 38.5 Å². The molecule has 0 radical (unpaired) electrons. The minimum Gasteiger partial charge on any atom is -0.481 e. The van der Waals surface area contributed by atoms with E-state index < -0.39 is 5.97 Å². The highest BCUT2D eigenvalue weighted by Crippen LogP contribution is 2.20. The van der Waals surface area contributed by atoms with Crippen LogP contribution in [0.4, 0.5) is 0 Å². The normalized spacial score (nSPS) is 14.3. The lowest BCUT2D eigenvalue weighted by Gasteiger charge is -2.23. The highest BCUT2D eigenvalue weighted by Gasteiger charge is 2.17. The lowest BCUT2D eigenvalue weighted by atomic mass is 9.97. The number of amides is 1. The van der Waals surface area contributed by atoms with E-state index in [1.807, 2.05) is 0 Å². The Bertz CT molecular complexity index is 540. The molecule has 1 aliphatic rings. The van der Waals surface area contributed by atoms with E-state index in [0.717, 1.165) is 19.3 Å². The van der Waals surface area contributed by atoms with Crippen molar-refractivity contribution in [3.63, 3.8) is 0 Å². The molecule has 22 heavy (non-hydrogen) atoms. The summed E-state index contributed by atoms with van der Waals surface area (Å²) >= 11 is 0. The maximum absolute atomic E-state index is 12.5. The fourth-order valence-electron chi connectivity index (χ4n) is 2.63. The standard InChI is InChI=1S/C17H22N2O3/c20-16(21)9-13-19(12-8-14-4-2-1-3-5-14)17(22)15-6-10-18-11-7-15/h4,6-7,10-11H,1-3,5,8-9,12-13H2,(H,20,21). The van der Waals surface area contributed by atoms with E-state index >= 15 is 0 Å². The fraction of sp³-hybridized carbons (Fsp3) is 0.471. The van der Waals surface area contributed by atoms with Gasteiger partial charge in [0, 0.05) is 31.0 Å². The van der Waals surface area contributed by atoms with Crippen molar-refractivity contribution in [3.8, 4) is 0 Å². The molecule has 0 fully saturated rings. The Morgan fingerprint density at radius 3 is 2.59 bits per heavy atom. The monoisotopic (exact) mass is 302 g/mol. The summed E-state index contributed by atoms with van der Waals surface area (Å²) in [5, 5.41) is 8.87. The summed E-state index contributed by atoms with van der Waals surface area (Å²) in [7, 11) is 0.